The van der Waals surface area contributed by atoms with Gasteiger partial charge in [-0.25, -0.2) is 0 Å². The maximum absolute atomic E-state index is 5.72. The lowest BCUT2D eigenvalue weighted by molar-refractivity contribution is 0.0488. The molecule has 2 unspecified atom stereocenters. The SMILES string of the molecule is CNC(C)CCCOC(C)CC(C)C. The molecule has 2 atom stereocenters. The van der Waals surface area contributed by atoms with Gasteiger partial charge in [0.15, 0.2) is 0 Å². The van der Waals surface area contributed by atoms with Crippen molar-refractivity contribution in [1.82, 2.24) is 5.32 Å². The number of hydrogen-bond acceptors (Lipinski definition) is 2. The molecule has 86 valence electrons. The van der Waals surface area contributed by atoms with Crippen molar-refractivity contribution in [3.8, 4) is 0 Å². The number of hydrogen-bond donors (Lipinski definition) is 1. The third-order valence-corrected chi connectivity index (χ3v) is 2.48. The summed E-state index contributed by atoms with van der Waals surface area (Å²) >= 11 is 0. The number of nitrogens with one attached hydrogen (secondary N) is 1. The number of rotatable bonds is 8. The molecule has 0 rings (SSSR count). The quantitative estimate of drug-likeness (QED) is 0.610. The van der Waals surface area contributed by atoms with Gasteiger partial charge in [0, 0.05) is 12.6 Å². The van der Waals surface area contributed by atoms with Crippen molar-refractivity contribution in [2.24, 2.45) is 5.92 Å². The summed E-state index contributed by atoms with van der Waals surface area (Å²) in [5.74, 6) is 0.737. The fourth-order valence-corrected chi connectivity index (χ4v) is 1.55. The monoisotopic (exact) mass is 201 g/mol. The van der Waals surface area contributed by atoms with Crippen molar-refractivity contribution in [1.29, 1.82) is 0 Å². The summed E-state index contributed by atoms with van der Waals surface area (Å²) in [5, 5.41) is 3.23. The van der Waals surface area contributed by atoms with Crippen molar-refractivity contribution < 1.29 is 4.74 Å². The minimum absolute atomic E-state index is 0.417. The molecule has 0 aromatic heterocycles. The van der Waals surface area contributed by atoms with Gasteiger partial charge in [-0.2, -0.15) is 0 Å². The van der Waals surface area contributed by atoms with E-state index in [0.717, 1.165) is 18.9 Å². The molecule has 0 aromatic rings. The van der Waals surface area contributed by atoms with Gasteiger partial charge in [-0.05, 0) is 46.1 Å². The average Bonchev–Trinajstić information content (AvgIpc) is 2.10. The van der Waals surface area contributed by atoms with Crippen molar-refractivity contribution in [2.45, 2.75) is 59.1 Å². The van der Waals surface area contributed by atoms with Crippen LogP contribution in [0.25, 0.3) is 0 Å². The van der Waals surface area contributed by atoms with Gasteiger partial charge < -0.3 is 10.1 Å². The summed E-state index contributed by atoms with van der Waals surface area (Å²) in [6, 6.07) is 0.610. The predicted octanol–water partition coefficient (Wildman–Crippen LogP) is 2.83. The van der Waals surface area contributed by atoms with Crippen LogP contribution >= 0.6 is 0 Å². The largest absolute Gasteiger partial charge is 0.378 e. The van der Waals surface area contributed by atoms with E-state index in [4.69, 9.17) is 4.74 Å². The van der Waals surface area contributed by atoms with Crippen molar-refractivity contribution >= 4 is 0 Å². The lowest BCUT2D eigenvalue weighted by atomic mass is 10.1. The summed E-state index contributed by atoms with van der Waals surface area (Å²) in [6.45, 7) is 9.75. The first-order chi connectivity index (χ1) is 6.56. The lowest BCUT2D eigenvalue weighted by Crippen LogP contribution is -2.21. The molecule has 0 radical (unpaired) electrons. The second kappa shape index (κ2) is 8.25. The highest BCUT2D eigenvalue weighted by Crippen LogP contribution is 2.08. The Labute approximate surface area is 89.4 Å². The van der Waals surface area contributed by atoms with E-state index in [2.05, 4.69) is 33.0 Å². The van der Waals surface area contributed by atoms with Gasteiger partial charge in [-0.1, -0.05) is 13.8 Å². The van der Waals surface area contributed by atoms with Gasteiger partial charge in [-0.3, -0.25) is 0 Å². The van der Waals surface area contributed by atoms with E-state index in [1.54, 1.807) is 0 Å². The molecule has 0 saturated carbocycles. The third kappa shape index (κ3) is 8.52. The maximum Gasteiger partial charge on any atom is 0.0549 e. The zero-order valence-electron chi connectivity index (χ0n) is 10.5. The molecule has 0 aliphatic rings. The van der Waals surface area contributed by atoms with Gasteiger partial charge in [0.05, 0.1) is 6.10 Å². The zero-order valence-corrected chi connectivity index (χ0v) is 10.5. The Kier molecular flexibility index (Phi) is 8.20. The Morgan fingerprint density at radius 1 is 1.14 bits per heavy atom. The highest BCUT2D eigenvalue weighted by atomic mass is 16.5. The molecule has 2 heteroatoms. The Morgan fingerprint density at radius 3 is 2.29 bits per heavy atom. The van der Waals surface area contributed by atoms with E-state index in [1.165, 1.54) is 12.8 Å². The van der Waals surface area contributed by atoms with Crippen molar-refractivity contribution in [3.05, 3.63) is 0 Å². The minimum atomic E-state index is 0.417. The summed E-state index contributed by atoms with van der Waals surface area (Å²) in [6.07, 6.45) is 3.94. The average molecular weight is 201 g/mol. The molecule has 0 heterocycles. The normalized spacial score (nSPS) is 15.9. The first-order valence-electron chi connectivity index (χ1n) is 5.85. The molecule has 2 nitrogen and oxygen atoms in total. The molecule has 0 fully saturated rings. The van der Waals surface area contributed by atoms with E-state index < -0.39 is 0 Å². The van der Waals surface area contributed by atoms with E-state index in [1.807, 2.05) is 7.05 Å². The highest BCUT2D eigenvalue weighted by molar-refractivity contribution is 4.58. The fourth-order valence-electron chi connectivity index (χ4n) is 1.55. The van der Waals surface area contributed by atoms with Gasteiger partial charge >= 0.3 is 0 Å². The van der Waals surface area contributed by atoms with Crippen LogP contribution in [-0.2, 0) is 4.74 Å². The molecule has 0 bridgehead atoms. The number of ether oxygens (including phenoxy) is 1. The smallest absolute Gasteiger partial charge is 0.0549 e. The van der Waals surface area contributed by atoms with E-state index in [0.29, 0.717) is 12.1 Å². The molecule has 0 aromatic carbocycles. The van der Waals surface area contributed by atoms with Gasteiger partial charge in [0.25, 0.3) is 0 Å². The van der Waals surface area contributed by atoms with Crippen LogP contribution in [0.1, 0.15) is 47.0 Å². The molecule has 14 heavy (non-hydrogen) atoms. The Hall–Kier alpha value is -0.0800. The summed E-state index contributed by atoms with van der Waals surface area (Å²) < 4.78 is 5.72. The molecule has 1 N–H and O–H groups in total. The summed E-state index contributed by atoms with van der Waals surface area (Å²) in [5.41, 5.74) is 0. The predicted molar refractivity (Wildman–Crippen MR) is 62.6 cm³/mol. The molecular formula is C12H27NO. The Balaban J connectivity index is 3.27. The van der Waals surface area contributed by atoms with E-state index in [-0.39, 0.29) is 0 Å². The summed E-state index contributed by atoms with van der Waals surface area (Å²) in [7, 11) is 2.01. The van der Waals surface area contributed by atoms with Crippen LogP contribution in [0, 0.1) is 5.92 Å². The van der Waals surface area contributed by atoms with E-state index >= 15 is 0 Å². The van der Waals surface area contributed by atoms with Crippen molar-refractivity contribution in [3.63, 3.8) is 0 Å². The van der Waals surface area contributed by atoms with Crippen LogP contribution in [0.5, 0.6) is 0 Å². The molecule has 0 aliphatic carbocycles. The van der Waals surface area contributed by atoms with Gasteiger partial charge in [0.1, 0.15) is 0 Å². The highest BCUT2D eigenvalue weighted by Gasteiger charge is 2.05. The Bertz CT molecular complexity index is 125. The topological polar surface area (TPSA) is 21.3 Å². The molecule has 0 spiro atoms. The van der Waals surface area contributed by atoms with Crippen LogP contribution in [0.4, 0.5) is 0 Å². The third-order valence-electron chi connectivity index (χ3n) is 2.48. The lowest BCUT2D eigenvalue weighted by Gasteiger charge is -2.16. The summed E-state index contributed by atoms with van der Waals surface area (Å²) in [4.78, 5) is 0. The Morgan fingerprint density at radius 2 is 1.79 bits per heavy atom. The van der Waals surface area contributed by atoms with Gasteiger partial charge in [-0.15, -0.1) is 0 Å². The van der Waals surface area contributed by atoms with Crippen LogP contribution in [0.3, 0.4) is 0 Å². The fraction of sp³-hybridized carbons (Fsp3) is 1.00. The first kappa shape index (κ1) is 13.9. The molecule has 0 aliphatic heterocycles. The van der Waals surface area contributed by atoms with Crippen LogP contribution < -0.4 is 5.32 Å². The van der Waals surface area contributed by atoms with Crippen LogP contribution in [0.15, 0.2) is 0 Å². The minimum Gasteiger partial charge on any atom is -0.378 e. The van der Waals surface area contributed by atoms with E-state index in [9.17, 15) is 0 Å². The maximum atomic E-state index is 5.72. The van der Waals surface area contributed by atoms with Crippen LogP contribution in [0.2, 0.25) is 0 Å². The molecular weight excluding hydrogens is 174 g/mol. The second-order valence-corrected chi connectivity index (χ2v) is 4.64. The van der Waals surface area contributed by atoms with Gasteiger partial charge in [0.2, 0.25) is 0 Å². The van der Waals surface area contributed by atoms with Crippen LogP contribution in [-0.4, -0.2) is 25.8 Å². The standard InChI is InChI=1S/C12H27NO/c1-10(2)9-12(4)14-8-6-7-11(3)13-5/h10-13H,6-9H2,1-5H3. The van der Waals surface area contributed by atoms with Crippen molar-refractivity contribution in [2.75, 3.05) is 13.7 Å². The molecule has 0 saturated heterocycles. The first-order valence-corrected chi connectivity index (χ1v) is 5.85. The second-order valence-electron chi connectivity index (χ2n) is 4.64. The molecule has 0 amide bonds. The zero-order chi connectivity index (χ0) is 11.0.